The van der Waals surface area contributed by atoms with E-state index in [-0.39, 0.29) is 5.91 Å². The number of aryl methyl sites for hydroxylation is 1. The number of carbonyl (C=O) groups is 1. The molecule has 2 aliphatic heterocycles. The van der Waals surface area contributed by atoms with Crippen LogP contribution >= 0.6 is 22.7 Å². The summed E-state index contributed by atoms with van der Waals surface area (Å²) in [5, 5.41) is 7.49. The molecule has 0 bridgehead atoms. The summed E-state index contributed by atoms with van der Waals surface area (Å²) in [5.41, 5.74) is 2.83. The molecule has 2 aromatic heterocycles. The maximum Gasteiger partial charge on any atom is 0.256 e. The SMILES string of the molecule is Cc1cnc(-c2cc3c(s2)C(NC(=O)c2ccc(NCCN4CCCCC4)cc2)=NC3)s1. The van der Waals surface area contributed by atoms with Crippen molar-refractivity contribution in [3.8, 4) is 9.88 Å². The van der Waals surface area contributed by atoms with Crippen molar-refractivity contribution in [1.29, 1.82) is 0 Å². The van der Waals surface area contributed by atoms with E-state index >= 15 is 0 Å². The number of amidine groups is 1. The van der Waals surface area contributed by atoms with Crippen LogP contribution in [0.2, 0.25) is 0 Å². The van der Waals surface area contributed by atoms with E-state index in [2.05, 4.69) is 38.5 Å². The van der Waals surface area contributed by atoms with Gasteiger partial charge in [0.05, 0.1) is 16.3 Å². The minimum Gasteiger partial charge on any atom is -0.384 e. The number of nitrogens with zero attached hydrogens (tertiary/aromatic N) is 3. The molecule has 166 valence electrons. The fourth-order valence-electron chi connectivity index (χ4n) is 4.11. The number of aromatic nitrogens is 1. The lowest BCUT2D eigenvalue weighted by atomic mass is 10.1. The topological polar surface area (TPSA) is 69.6 Å². The Bertz CT molecular complexity index is 1130. The number of hydrogen-bond donors (Lipinski definition) is 2. The van der Waals surface area contributed by atoms with E-state index in [1.54, 1.807) is 22.7 Å². The van der Waals surface area contributed by atoms with Crippen LogP contribution in [0.4, 0.5) is 5.69 Å². The third kappa shape index (κ3) is 4.77. The van der Waals surface area contributed by atoms with Crippen LogP contribution in [0.3, 0.4) is 0 Å². The molecule has 1 aromatic carbocycles. The third-order valence-electron chi connectivity index (χ3n) is 5.85. The lowest BCUT2D eigenvalue weighted by Gasteiger charge is -2.26. The Hall–Kier alpha value is -2.55. The van der Waals surface area contributed by atoms with Crippen LogP contribution in [0.25, 0.3) is 9.88 Å². The first-order valence-corrected chi connectivity index (χ1v) is 12.8. The highest BCUT2D eigenvalue weighted by atomic mass is 32.1. The number of nitrogens with one attached hydrogen (secondary N) is 2. The van der Waals surface area contributed by atoms with E-state index in [1.165, 1.54) is 37.2 Å². The molecule has 0 radical (unpaired) electrons. The average Bonchev–Trinajstić information content (AvgIpc) is 3.52. The zero-order valence-corrected chi connectivity index (χ0v) is 19.8. The summed E-state index contributed by atoms with van der Waals surface area (Å²) in [4.78, 5) is 27.7. The van der Waals surface area contributed by atoms with Gasteiger partial charge in [0.15, 0.2) is 0 Å². The summed E-state index contributed by atoms with van der Waals surface area (Å²) in [6.07, 6.45) is 5.89. The lowest BCUT2D eigenvalue weighted by Crippen LogP contribution is -2.33. The number of thiophene rings is 1. The molecule has 8 heteroatoms. The van der Waals surface area contributed by atoms with E-state index in [9.17, 15) is 4.79 Å². The number of amides is 1. The standard InChI is InChI=1S/C24H27N5OS2/c1-16-14-27-24(31-16)20-13-18-15-26-22(21(18)32-20)28-23(30)17-5-7-19(8-6-17)25-9-12-29-10-3-2-4-11-29/h5-8,13-14,25H,2-4,9-12,15H2,1H3,(H,26,28,30). The summed E-state index contributed by atoms with van der Waals surface area (Å²) in [5.74, 6) is 0.537. The molecule has 2 N–H and O–H groups in total. The van der Waals surface area contributed by atoms with Gasteiger partial charge in [-0.15, -0.1) is 22.7 Å². The first kappa shape index (κ1) is 21.3. The van der Waals surface area contributed by atoms with Crippen LogP contribution in [0.15, 0.2) is 41.5 Å². The van der Waals surface area contributed by atoms with Gasteiger partial charge in [-0.2, -0.15) is 0 Å². The van der Waals surface area contributed by atoms with E-state index in [1.807, 2.05) is 30.5 Å². The van der Waals surface area contributed by atoms with Crippen LogP contribution in [0.1, 0.15) is 44.9 Å². The van der Waals surface area contributed by atoms with Gasteiger partial charge in [0.2, 0.25) is 0 Å². The Morgan fingerprint density at radius 3 is 2.69 bits per heavy atom. The largest absolute Gasteiger partial charge is 0.384 e. The molecule has 6 nitrogen and oxygen atoms in total. The lowest BCUT2D eigenvalue weighted by molar-refractivity contribution is 0.0977. The quantitative estimate of drug-likeness (QED) is 0.550. The molecule has 4 heterocycles. The number of benzene rings is 1. The predicted molar refractivity (Wildman–Crippen MR) is 133 cm³/mol. The monoisotopic (exact) mass is 465 g/mol. The van der Waals surface area contributed by atoms with Crippen molar-refractivity contribution < 1.29 is 4.79 Å². The first-order valence-electron chi connectivity index (χ1n) is 11.1. The highest BCUT2D eigenvalue weighted by molar-refractivity contribution is 7.23. The summed E-state index contributed by atoms with van der Waals surface area (Å²) in [7, 11) is 0. The van der Waals surface area contributed by atoms with Crippen molar-refractivity contribution in [2.45, 2.75) is 32.7 Å². The molecule has 32 heavy (non-hydrogen) atoms. The second-order valence-electron chi connectivity index (χ2n) is 8.27. The van der Waals surface area contributed by atoms with Gasteiger partial charge in [0.25, 0.3) is 5.91 Å². The second kappa shape index (κ2) is 9.52. The number of aliphatic imine (C=N–C) groups is 1. The van der Waals surface area contributed by atoms with Crippen molar-refractivity contribution in [1.82, 2.24) is 15.2 Å². The molecule has 0 aliphatic carbocycles. The number of hydrogen-bond acceptors (Lipinski definition) is 7. The van der Waals surface area contributed by atoms with Crippen LogP contribution in [0.5, 0.6) is 0 Å². The average molecular weight is 466 g/mol. The number of rotatable bonds is 6. The molecule has 5 rings (SSSR count). The Morgan fingerprint density at radius 2 is 1.94 bits per heavy atom. The number of likely N-dealkylation sites (tertiary alicyclic amines) is 1. The summed E-state index contributed by atoms with van der Waals surface area (Å²) < 4.78 is 0. The van der Waals surface area contributed by atoms with E-state index in [0.717, 1.165) is 39.1 Å². The molecule has 1 fully saturated rings. The summed E-state index contributed by atoms with van der Waals surface area (Å²) in [6, 6.07) is 9.83. The van der Waals surface area contributed by atoms with Crippen molar-refractivity contribution in [3.05, 3.63) is 57.4 Å². The molecule has 0 saturated carbocycles. The van der Waals surface area contributed by atoms with Gasteiger partial charge in [-0.25, -0.2) is 4.98 Å². The Morgan fingerprint density at radius 1 is 1.12 bits per heavy atom. The van der Waals surface area contributed by atoms with Gasteiger partial charge < -0.3 is 15.5 Å². The van der Waals surface area contributed by atoms with Crippen LogP contribution in [-0.2, 0) is 6.54 Å². The maximum absolute atomic E-state index is 12.8. The zero-order valence-electron chi connectivity index (χ0n) is 18.2. The molecule has 1 saturated heterocycles. The van der Waals surface area contributed by atoms with E-state index in [4.69, 9.17) is 0 Å². The number of piperidine rings is 1. The Labute approximate surface area is 196 Å². The van der Waals surface area contributed by atoms with Gasteiger partial charge in [0, 0.05) is 35.4 Å². The van der Waals surface area contributed by atoms with Crippen molar-refractivity contribution >= 4 is 40.1 Å². The maximum atomic E-state index is 12.8. The van der Waals surface area contributed by atoms with E-state index in [0.29, 0.717) is 17.9 Å². The van der Waals surface area contributed by atoms with Gasteiger partial charge in [-0.05, 0) is 68.8 Å². The predicted octanol–water partition coefficient (Wildman–Crippen LogP) is 4.77. The minimum atomic E-state index is -0.128. The van der Waals surface area contributed by atoms with Gasteiger partial charge in [0.1, 0.15) is 10.8 Å². The summed E-state index contributed by atoms with van der Waals surface area (Å²) >= 11 is 3.33. The third-order valence-corrected chi connectivity index (χ3v) is 8.11. The Kier molecular flexibility index (Phi) is 6.34. The molecule has 1 amide bonds. The molecular formula is C24H27N5OS2. The molecule has 0 unspecified atom stereocenters. The highest BCUT2D eigenvalue weighted by Crippen LogP contribution is 2.36. The van der Waals surface area contributed by atoms with Gasteiger partial charge in [-0.1, -0.05) is 6.42 Å². The minimum absolute atomic E-state index is 0.128. The van der Waals surface area contributed by atoms with Crippen molar-refractivity contribution in [2.75, 3.05) is 31.5 Å². The number of carbonyl (C=O) groups excluding carboxylic acids is 1. The molecule has 2 aliphatic rings. The smallest absolute Gasteiger partial charge is 0.256 e. The van der Waals surface area contributed by atoms with Crippen molar-refractivity contribution in [3.63, 3.8) is 0 Å². The molecule has 0 atom stereocenters. The number of anilines is 1. The van der Waals surface area contributed by atoms with Crippen LogP contribution in [-0.4, -0.2) is 47.8 Å². The molecule has 3 aromatic rings. The normalized spacial score (nSPS) is 16.0. The fourth-order valence-corrected chi connectivity index (χ4v) is 6.07. The van der Waals surface area contributed by atoms with E-state index < -0.39 is 0 Å². The second-order valence-corrected chi connectivity index (χ2v) is 10.6. The molecular weight excluding hydrogens is 438 g/mol. The van der Waals surface area contributed by atoms with Gasteiger partial charge in [-0.3, -0.25) is 9.79 Å². The van der Waals surface area contributed by atoms with Crippen LogP contribution < -0.4 is 10.6 Å². The van der Waals surface area contributed by atoms with Crippen molar-refractivity contribution in [2.24, 2.45) is 4.99 Å². The highest BCUT2D eigenvalue weighted by Gasteiger charge is 2.23. The number of fused-ring (bicyclic) bond motifs is 1. The van der Waals surface area contributed by atoms with Gasteiger partial charge >= 0.3 is 0 Å². The Balaban J connectivity index is 1.17. The number of thiazole rings is 1. The summed E-state index contributed by atoms with van der Waals surface area (Å²) in [6.45, 7) is 7.07. The van der Waals surface area contributed by atoms with Crippen LogP contribution in [0, 0.1) is 6.92 Å². The zero-order chi connectivity index (χ0) is 21.9. The fraction of sp³-hybridized carbons (Fsp3) is 0.375. The molecule has 0 spiro atoms. The first-order chi connectivity index (χ1) is 15.7.